The lowest BCUT2D eigenvalue weighted by atomic mass is 10.1. The number of amides is 1. The molecule has 0 spiro atoms. The van der Waals surface area contributed by atoms with E-state index in [0.717, 1.165) is 34.6 Å². The number of ether oxygens (including phenoxy) is 1. The van der Waals surface area contributed by atoms with E-state index in [2.05, 4.69) is 5.32 Å². The molecule has 0 unspecified atom stereocenters. The van der Waals surface area contributed by atoms with Crippen LogP contribution in [0.25, 0.3) is 6.08 Å². The number of carbonyl (C=O) groups excluding carboxylic acids is 1. The largest absolute Gasteiger partial charge is 0.497 e. The third-order valence-corrected chi connectivity index (χ3v) is 3.16. The van der Waals surface area contributed by atoms with Crippen LogP contribution in [-0.2, 0) is 4.79 Å². The van der Waals surface area contributed by atoms with Gasteiger partial charge in [0, 0.05) is 11.3 Å². The van der Waals surface area contributed by atoms with Gasteiger partial charge in [0.1, 0.15) is 5.75 Å². The van der Waals surface area contributed by atoms with Crippen LogP contribution >= 0.6 is 0 Å². The molecule has 1 aromatic carbocycles. The van der Waals surface area contributed by atoms with Crippen LogP contribution in [0.15, 0.2) is 41.1 Å². The number of allylic oxidation sites excluding steroid dienone is 1. The molecule has 3 nitrogen and oxygen atoms in total. The van der Waals surface area contributed by atoms with Crippen LogP contribution in [0.1, 0.15) is 25.8 Å². The fourth-order valence-corrected chi connectivity index (χ4v) is 2.06. The summed E-state index contributed by atoms with van der Waals surface area (Å²) in [5, 5.41) is 2.90. The molecule has 0 saturated carbocycles. The van der Waals surface area contributed by atoms with Crippen molar-refractivity contribution in [1.29, 1.82) is 0 Å². The summed E-state index contributed by atoms with van der Waals surface area (Å²) in [6, 6.07) is 7.75. The van der Waals surface area contributed by atoms with Gasteiger partial charge in [0.2, 0.25) is 0 Å². The van der Waals surface area contributed by atoms with E-state index in [9.17, 15) is 4.79 Å². The highest BCUT2D eigenvalue weighted by Gasteiger charge is 2.22. The van der Waals surface area contributed by atoms with Crippen molar-refractivity contribution in [2.45, 2.75) is 20.3 Å². The zero-order valence-electron chi connectivity index (χ0n) is 10.9. The number of rotatable bonds is 3. The molecule has 0 aliphatic carbocycles. The number of hydrogen-bond acceptors (Lipinski definition) is 2. The van der Waals surface area contributed by atoms with E-state index < -0.39 is 0 Å². The van der Waals surface area contributed by atoms with Crippen LogP contribution in [0, 0.1) is 0 Å². The predicted molar refractivity (Wildman–Crippen MR) is 72.1 cm³/mol. The summed E-state index contributed by atoms with van der Waals surface area (Å²) in [5.74, 6) is 0.851. The minimum Gasteiger partial charge on any atom is -0.497 e. The SMILES string of the molecule is CCC1=C(C)/C(=C/c2ccc(OC)cc2)NC1=O. The molecule has 0 fully saturated rings. The van der Waals surface area contributed by atoms with Crippen molar-refractivity contribution in [3.63, 3.8) is 0 Å². The summed E-state index contributed by atoms with van der Waals surface area (Å²) in [4.78, 5) is 11.7. The van der Waals surface area contributed by atoms with Gasteiger partial charge in [-0.05, 0) is 42.7 Å². The Labute approximate surface area is 107 Å². The van der Waals surface area contributed by atoms with Gasteiger partial charge in [0.15, 0.2) is 0 Å². The van der Waals surface area contributed by atoms with Crippen LogP contribution < -0.4 is 10.1 Å². The Bertz CT molecular complexity index is 524. The van der Waals surface area contributed by atoms with E-state index in [4.69, 9.17) is 4.74 Å². The Kier molecular flexibility index (Phi) is 3.51. The Hall–Kier alpha value is -2.03. The van der Waals surface area contributed by atoms with Crippen LogP contribution in [0.5, 0.6) is 5.75 Å². The lowest BCUT2D eigenvalue weighted by Crippen LogP contribution is -2.15. The molecule has 0 aromatic heterocycles. The fourth-order valence-electron chi connectivity index (χ4n) is 2.06. The molecule has 3 heteroatoms. The third-order valence-electron chi connectivity index (χ3n) is 3.16. The van der Waals surface area contributed by atoms with E-state index >= 15 is 0 Å². The number of nitrogens with one attached hydrogen (secondary N) is 1. The number of methoxy groups -OCH3 is 1. The normalized spacial score (nSPS) is 17.3. The number of carbonyl (C=O) groups is 1. The quantitative estimate of drug-likeness (QED) is 0.886. The van der Waals surface area contributed by atoms with Crippen molar-refractivity contribution in [3.05, 3.63) is 46.7 Å². The van der Waals surface area contributed by atoms with E-state index in [0.29, 0.717) is 0 Å². The average Bonchev–Trinajstić information content (AvgIpc) is 2.65. The van der Waals surface area contributed by atoms with Gasteiger partial charge < -0.3 is 10.1 Å². The maximum atomic E-state index is 11.7. The van der Waals surface area contributed by atoms with E-state index in [-0.39, 0.29) is 5.91 Å². The summed E-state index contributed by atoms with van der Waals surface area (Å²) in [7, 11) is 1.64. The highest BCUT2D eigenvalue weighted by molar-refractivity contribution is 6.01. The van der Waals surface area contributed by atoms with Crippen molar-refractivity contribution in [2.24, 2.45) is 0 Å². The molecule has 1 aliphatic heterocycles. The topological polar surface area (TPSA) is 38.3 Å². The smallest absolute Gasteiger partial charge is 0.251 e. The Morgan fingerprint density at radius 3 is 2.44 bits per heavy atom. The highest BCUT2D eigenvalue weighted by atomic mass is 16.5. The van der Waals surface area contributed by atoms with Crippen molar-refractivity contribution in [2.75, 3.05) is 7.11 Å². The standard InChI is InChI=1S/C15H17NO2/c1-4-13-10(2)14(16-15(13)17)9-11-5-7-12(18-3)8-6-11/h5-9H,4H2,1-3H3,(H,16,17)/b14-9-. The van der Waals surface area contributed by atoms with Crippen molar-refractivity contribution < 1.29 is 9.53 Å². The molecule has 1 heterocycles. The van der Waals surface area contributed by atoms with Crippen LogP contribution in [0.3, 0.4) is 0 Å². The summed E-state index contributed by atoms with van der Waals surface area (Å²) in [5.41, 5.74) is 3.85. The monoisotopic (exact) mass is 243 g/mol. The molecule has 0 atom stereocenters. The molecule has 1 N–H and O–H groups in total. The molecular formula is C15H17NO2. The molecular weight excluding hydrogens is 226 g/mol. The first-order valence-electron chi connectivity index (χ1n) is 6.03. The van der Waals surface area contributed by atoms with Crippen LogP contribution in [0.4, 0.5) is 0 Å². The summed E-state index contributed by atoms with van der Waals surface area (Å²) < 4.78 is 5.11. The average molecular weight is 243 g/mol. The van der Waals surface area contributed by atoms with Gasteiger partial charge in [-0.2, -0.15) is 0 Å². The van der Waals surface area contributed by atoms with Gasteiger partial charge in [-0.3, -0.25) is 4.79 Å². The Balaban J connectivity index is 2.29. The van der Waals surface area contributed by atoms with Gasteiger partial charge in [0.05, 0.1) is 7.11 Å². The zero-order chi connectivity index (χ0) is 13.1. The van der Waals surface area contributed by atoms with Gasteiger partial charge in [-0.25, -0.2) is 0 Å². The molecule has 94 valence electrons. The molecule has 0 radical (unpaired) electrons. The minimum absolute atomic E-state index is 0.0229. The first-order valence-corrected chi connectivity index (χ1v) is 6.03. The summed E-state index contributed by atoms with van der Waals surface area (Å²) in [6.07, 6.45) is 2.74. The van der Waals surface area contributed by atoms with Crippen molar-refractivity contribution >= 4 is 12.0 Å². The van der Waals surface area contributed by atoms with Crippen molar-refractivity contribution in [1.82, 2.24) is 5.32 Å². The number of hydrogen-bond donors (Lipinski definition) is 1. The third kappa shape index (κ3) is 2.30. The summed E-state index contributed by atoms with van der Waals surface area (Å²) >= 11 is 0. The maximum Gasteiger partial charge on any atom is 0.251 e. The lowest BCUT2D eigenvalue weighted by Gasteiger charge is -2.02. The summed E-state index contributed by atoms with van der Waals surface area (Å²) in [6.45, 7) is 3.97. The molecule has 0 bridgehead atoms. The maximum absolute atomic E-state index is 11.7. The fraction of sp³-hybridized carbons (Fsp3) is 0.267. The lowest BCUT2D eigenvalue weighted by molar-refractivity contribution is -0.116. The molecule has 1 amide bonds. The zero-order valence-corrected chi connectivity index (χ0v) is 10.9. The van der Waals surface area contributed by atoms with Gasteiger partial charge in [-0.15, -0.1) is 0 Å². The Morgan fingerprint density at radius 1 is 1.28 bits per heavy atom. The van der Waals surface area contributed by atoms with Gasteiger partial charge in [-0.1, -0.05) is 19.1 Å². The molecule has 0 saturated heterocycles. The molecule has 2 rings (SSSR count). The second-order valence-corrected chi connectivity index (χ2v) is 4.24. The molecule has 1 aliphatic rings. The minimum atomic E-state index is 0.0229. The highest BCUT2D eigenvalue weighted by Crippen LogP contribution is 2.24. The number of benzene rings is 1. The van der Waals surface area contributed by atoms with E-state index in [1.165, 1.54) is 0 Å². The second kappa shape index (κ2) is 5.08. The van der Waals surface area contributed by atoms with Crippen LogP contribution in [0.2, 0.25) is 0 Å². The molecule has 18 heavy (non-hydrogen) atoms. The van der Waals surface area contributed by atoms with Crippen molar-refractivity contribution in [3.8, 4) is 5.75 Å². The predicted octanol–water partition coefficient (Wildman–Crippen LogP) is 2.89. The first-order chi connectivity index (χ1) is 8.65. The van der Waals surface area contributed by atoms with E-state index in [1.807, 2.05) is 44.2 Å². The Morgan fingerprint density at radius 2 is 1.94 bits per heavy atom. The first kappa shape index (κ1) is 12.4. The molecule has 1 aromatic rings. The van der Waals surface area contributed by atoms with Crippen LogP contribution in [-0.4, -0.2) is 13.0 Å². The van der Waals surface area contributed by atoms with Gasteiger partial charge in [0.25, 0.3) is 5.91 Å². The second-order valence-electron chi connectivity index (χ2n) is 4.24. The van der Waals surface area contributed by atoms with E-state index in [1.54, 1.807) is 7.11 Å². The van der Waals surface area contributed by atoms with Gasteiger partial charge >= 0.3 is 0 Å².